The summed E-state index contributed by atoms with van der Waals surface area (Å²) in [5, 5.41) is 10.6. The average molecular weight is 269 g/mol. The van der Waals surface area contributed by atoms with Crippen LogP contribution >= 0.6 is 0 Å². The first-order valence-electron chi connectivity index (χ1n) is 7.02. The van der Waals surface area contributed by atoms with E-state index >= 15 is 0 Å². The van der Waals surface area contributed by atoms with Crippen LogP contribution in [0.4, 0.5) is 0 Å². The summed E-state index contributed by atoms with van der Waals surface area (Å²) in [6.45, 7) is 2.73. The molecule has 0 spiro atoms. The zero-order valence-corrected chi connectivity index (χ0v) is 12.5. The van der Waals surface area contributed by atoms with E-state index in [0.29, 0.717) is 6.54 Å². The number of benzene rings is 2. The highest BCUT2D eigenvalue weighted by Crippen LogP contribution is 2.28. The molecule has 2 rings (SSSR count). The molecule has 0 saturated carbocycles. The van der Waals surface area contributed by atoms with E-state index in [9.17, 15) is 5.11 Å². The lowest BCUT2D eigenvalue weighted by molar-refractivity contribution is 0.121. The molecule has 1 N–H and O–H groups in total. The minimum Gasteiger partial charge on any atom is -0.391 e. The first-order valence-corrected chi connectivity index (χ1v) is 7.02. The highest BCUT2D eigenvalue weighted by Gasteiger charge is 2.23. The van der Waals surface area contributed by atoms with Gasteiger partial charge in [0.25, 0.3) is 0 Å². The predicted octanol–water partition coefficient (Wildman–Crippen LogP) is 3.05. The van der Waals surface area contributed by atoms with Gasteiger partial charge in [0.15, 0.2) is 0 Å². The van der Waals surface area contributed by atoms with Crippen LogP contribution in [0.5, 0.6) is 0 Å². The second-order valence-electron chi connectivity index (χ2n) is 5.63. The Labute approximate surface area is 121 Å². The van der Waals surface area contributed by atoms with Crippen LogP contribution < -0.4 is 0 Å². The Morgan fingerprint density at radius 3 is 2.00 bits per heavy atom. The van der Waals surface area contributed by atoms with Gasteiger partial charge in [-0.3, -0.25) is 0 Å². The summed E-state index contributed by atoms with van der Waals surface area (Å²) >= 11 is 0. The molecule has 0 saturated heterocycles. The summed E-state index contributed by atoms with van der Waals surface area (Å²) in [6.07, 6.45) is -0.421. The van der Waals surface area contributed by atoms with Crippen molar-refractivity contribution in [3.63, 3.8) is 0 Å². The Hall–Kier alpha value is -1.64. The standard InChI is InChI=1S/C18H23NO/c1-14-9-11-16(12-10-14)18(17(20)13-19(2)3)15-7-5-4-6-8-15/h4-12,17-18,20H,13H2,1-3H3/t17-,18+/m1/s1. The predicted molar refractivity (Wildman–Crippen MR) is 84.0 cm³/mol. The molecule has 0 heterocycles. The molecule has 106 valence electrons. The van der Waals surface area contributed by atoms with Crippen LogP contribution in [0.25, 0.3) is 0 Å². The van der Waals surface area contributed by atoms with Crippen molar-refractivity contribution in [1.29, 1.82) is 0 Å². The third kappa shape index (κ3) is 3.69. The van der Waals surface area contributed by atoms with Crippen molar-refractivity contribution >= 4 is 0 Å². The SMILES string of the molecule is Cc1ccc([C@H](c2ccccc2)[C@H](O)CN(C)C)cc1. The summed E-state index contributed by atoms with van der Waals surface area (Å²) in [6, 6.07) is 18.7. The summed E-state index contributed by atoms with van der Waals surface area (Å²) in [5.41, 5.74) is 3.56. The second-order valence-corrected chi connectivity index (χ2v) is 5.63. The quantitative estimate of drug-likeness (QED) is 0.902. The first kappa shape index (κ1) is 14.8. The summed E-state index contributed by atoms with van der Waals surface area (Å²) in [4.78, 5) is 2.02. The number of aliphatic hydroxyl groups excluding tert-OH is 1. The second kappa shape index (κ2) is 6.69. The van der Waals surface area contributed by atoms with E-state index in [0.717, 1.165) is 11.1 Å². The fourth-order valence-electron chi connectivity index (χ4n) is 2.55. The lowest BCUT2D eigenvalue weighted by Crippen LogP contribution is -2.31. The molecular weight excluding hydrogens is 246 g/mol. The fourth-order valence-corrected chi connectivity index (χ4v) is 2.55. The average Bonchev–Trinajstić information content (AvgIpc) is 2.42. The normalized spacial score (nSPS) is 14.2. The van der Waals surface area contributed by atoms with Crippen LogP contribution in [-0.4, -0.2) is 36.8 Å². The fraction of sp³-hybridized carbons (Fsp3) is 0.333. The van der Waals surface area contributed by atoms with Gasteiger partial charge in [-0.05, 0) is 32.1 Å². The zero-order chi connectivity index (χ0) is 14.5. The van der Waals surface area contributed by atoms with E-state index in [1.54, 1.807) is 0 Å². The van der Waals surface area contributed by atoms with Crippen molar-refractivity contribution in [1.82, 2.24) is 4.90 Å². The Balaban J connectivity index is 2.36. The Morgan fingerprint density at radius 1 is 0.900 bits per heavy atom. The molecule has 0 aromatic heterocycles. The number of hydrogen-bond donors (Lipinski definition) is 1. The lowest BCUT2D eigenvalue weighted by atomic mass is 9.86. The van der Waals surface area contributed by atoms with Crippen LogP contribution in [-0.2, 0) is 0 Å². The van der Waals surface area contributed by atoms with Gasteiger partial charge in [-0.2, -0.15) is 0 Å². The van der Waals surface area contributed by atoms with Crippen molar-refractivity contribution in [2.45, 2.75) is 18.9 Å². The van der Waals surface area contributed by atoms with Crippen molar-refractivity contribution in [2.24, 2.45) is 0 Å². The number of aliphatic hydroxyl groups is 1. The molecule has 2 atom stereocenters. The van der Waals surface area contributed by atoms with Gasteiger partial charge in [0.1, 0.15) is 0 Å². The molecule has 0 aliphatic heterocycles. The molecular formula is C18H23NO. The minimum atomic E-state index is -0.421. The Morgan fingerprint density at radius 2 is 1.45 bits per heavy atom. The van der Waals surface area contributed by atoms with Gasteiger partial charge in [0.2, 0.25) is 0 Å². The minimum absolute atomic E-state index is 0.0131. The van der Waals surface area contributed by atoms with Crippen LogP contribution in [0.1, 0.15) is 22.6 Å². The molecule has 20 heavy (non-hydrogen) atoms. The molecule has 0 aliphatic rings. The Kier molecular flexibility index (Phi) is 4.94. The number of aryl methyl sites for hydroxylation is 1. The van der Waals surface area contributed by atoms with E-state index in [1.807, 2.05) is 37.2 Å². The van der Waals surface area contributed by atoms with E-state index in [-0.39, 0.29) is 5.92 Å². The maximum absolute atomic E-state index is 10.6. The molecule has 2 nitrogen and oxygen atoms in total. The molecule has 0 fully saturated rings. The van der Waals surface area contributed by atoms with Crippen LogP contribution in [0.15, 0.2) is 54.6 Å². The number of hydrogen-bond acceptors (Lipinski definition) is 2. The lowest BCUT2D eigenvalue weighted by Gasteiger charge is -2.26. The summed E-state index contributed by atoms with van der Waals surface area (Å²) in [5.74, 6) is 0.0131. The van der Waals surface area contributed by atoms with Gasteiger partial charge in [-0.25, -0.2) is 0 Å². The van der Waals surface area contributed by atoms with E-state index < -0.39 is 6.10 Å². The highest BCUT2D eigenvalue weighted by molar-refractivity contribution is 5.35. The third-order valence-electron chi connectivity index (χ3n) is 3.53. The maximum atomic E-state index is 10.6. The largest absolute Gasteiger partial charge is 0.391 e. The van der Waals surface area contributed by atoms with Crippen LogP contribution in [0, 0.1) is 6.92 Å². The van der Waals surface area contributed by atoms with Gasteiger partial charge in [0.05, 0.1) is 6.10 Å². The van der Waals surface area contributed by atoms with Gasteiger partial charge >= 0.3 is 0 Å². The van der Waals surface area contributed by atoms with Crippen molar-refractivity contribution < 1.29 is 5.11 Å². The molecule has 0 aliphatic carbocycles. The topological polar surface area (TPSA) is 23.5 Å². The number of nitrogens with zero attached hydrogens (tertiary/aromatic N) is 1. The molecule has 0 amide bonds. The molecule has 0 unspecified atom stereocenters. The maximum Gasteiger partial charge on any atom is 0.0775 e. The molecule has 2 heteroatoms. The zero-order valence-electron chi connectivity index (χ0n) is 12.5. The summed E-state index contributed by atoms with van der Waals surface area (Å²) in [7, 11) is 3.97. The van der Waals surface area contributed by atoms with E-state index in [2.05, 4.69) is 43.3 Å². The molecule has 2 aromatic rings. The monoisotopic (exact) mass is 269 g/mol. The van der Waals surface area contributed by atoms with Gasteiger partial charge in [0, 0.05) is 12.5 Å². The highest BCUT2D eigenvalue weighted by atomic mass is 16.3. The molecule has 0 bridgehead atoms. The molecule has 2 aromatic carbocycles. The summed E-state index contributed by atoms with van der Waals surface area (Å²) < 4.78 is 0. The van der Waals surface area contributed by atoms with E-state index in [4.69, 9.17) is 0 Å². The molecule has 0 radical (unpaired) electrons. The van der Waals surface area contributed by atoms with Gasteiger partial charge in [-0.15, -0.1) is 0 Å². The van der Waals surface area contributed by atoms with Crippen LogP contribution in [0.2, 0.25) is 0 Å². The van der Waals surface area contributed by atoms with Crippen molar-refractivity contribution in [3.05, 3.63) is 71.3 Å². The third-order valence-corrected chi connectivity index (χ3v) is 3.53. The van der Waals surface area contributed by atoms with Crippen molar-refractivity contribution in [3.8, 4) is 0 Å². The Bertz CT molecular complexity index is 519. The van der Waals surface area contributed by atoms with Gasteiger partial charge in [-0.1, -0.05) is 60.2 Å². The van der Waals surface area contributed by atoms with Gasteiger partial charge < -0.3 is 10.0 Å². The van der Waals surface area contributed by atoms with E-state index in [1.165, 1.54) is 5.56 Å². The van der Waals surface area contributed by atoms with Crippen LogP contribution in [0.3, 0.4) is 0 Å². The van der Waals surface area contributed by atoms with Crippen molar-refractivity contribution in [2.75, 3.05) is 20.6 Å². The first-order chi connectivity index (χ1) is 9.58. The number of rotatable bonds is 5. The smallest absolute Gasteiger partial charge is 0.0775 e. The number of likely N-dealkylation sites (N-methyl/N-ethyl adjacent to an activating group) is 1.